The molecule has 0 aliphatic carbocycles. The maximum atomic E-state index is 13.5. The first-order valence-corrected chi connectivity index (χ1v) is 12.7. The third-order valence-corrected chi connectivity index (χ3v) is 7.26. The molecular weight excluding hydrogens is 484 g/mol. The van der Waals surface area contributed by atoms with E-state index in [1.165, 1.54) is 28.8 Å². The van der Waals surface area contributed by atoms with E-state index in [0.717, 1.165) is 22.5 Å². The number of hydrogen-bond donors (Lipinski definition) is 0. The second-order valence-corrected chi connectivity index (χ2v) is 9.94. The van der Waals surface area contributed by atoms with Crippen LogP contribution in [-0.2, 0) is 37.4 Å². The van der Waals surface area contributed by atoms with Crippen molar-refractivity contribution < 1.29 is 27.5 Å². The molecule has 36 heavy (non-hydrogen) atoms. The summed E-state index contributed by atoms with van der Waals surface area (Å²) < 4.78 is 39.1. The van der Waals surface area contributed by atoms with Crippen LogP contribution in [0.4, 0.5) is 0 Å². The minimum Gasteiger partial charge on any atom is -0.468 e. The van der Waals surface area contributed by atoms with Crippen molar-refractivity contribution in [2.75, 3.05) is 20.3 Å². The molecule has 0 aliphatic heterocycles. The normalized spacial score (nSPS) is 11.3. The van der Waals surface area contributed by atoms with Gasteiger partial charge in [-0.05, 0) is 43.2 Å². The van der Waals surface area contributed by atoms with Gasteiger partial charge >= 0.3 is 11.9 Å². The lowest BCUT2D eigenvalue weighted by atomic mass is 10.1. The number of esters is 2. The molecule has 0 saturated carbocycles. The molecule has 0 N–H and O–H groups in total. The van der Waals surface area contributed by atoms with Gasteiger partial charge in [0, 0.05) is 12.6 Å². The second kappa shape index (κ2) is 11.8. The SMILES string of the molecule is CCOC(=O)c1c(CN(CC(=O)OC)S(=O)(=O)c2ccc(C)cc2)ccc(=O)n1Cc1ccccc1. The highest BCUT2D eigenvalue weighted by Crippen LogP contribution is 2.21. The van der Waals surface area contributed by atoms with Gasteiger partial charge in [-0.2, -0.15) is 4.31 Å². The number of aromatic nitrogens is 1. The number of nitrogens with zero attached hydrogens (tertiary/aromatic N) is 2. The summed E-state index contributed by atoms with van der Waals surface area (Å²) in [6.07, 6.45) is 0. The first kappa shape index (κ1) is 26.8. The fourth-order valence-electron chi connectivity index (χ4n) is 3.60. The summed E-state index contributed by atoms with van der Waals surface area (Å²) in [4.78, 5) is 38.0. The molecule has 1 aromatic heterocycles. The van der Waals surface area contributed by atoms with Crippen LogP contribution < -0.4 is 5.56 Å². The summed E-state index contributed by atoms with van der Waals surface area (Å²) in [7, 11) is -3.01. The fourth-order valence-corrected chi connectivity index (χ4v) is 4.96. The largest absolute Gasteiger partial charge is 0.468 e. The van der Waals surface area contributed by atoms with Gasteiger partial charge in [-0.3, -0.25) is 14.2 Å². The molecule has 0 fully saturated rings. The quantitative estimate of drug-likeness (QED) is 0.384. The molecule has 0 aliphatic rings. The van der Waals surface area contributed by atoms with Crippen LogP contribution >= 0.6 is 0 Å². The first-order valence-electron chi connectivity index (χ1n) is 11.2. The van der Waals surface area contributed by atoms with Gasteiger partial charge < -0.3 is 9.47 Å². The molecule has 10 heteroatoms. The average molecular weight is 513 g/mol. The topological polar surface area (TPSA) is 112 Å². The second-order valence-electron chi connectivity index (χ2n) is 8.00. The van der Waals surface area contributed by atoms with Gasteiger partial charge in [-0.25, -0.2) is 13.2 Å². The maximum Gasteiger partial charge on any atom is 0.355 e. The Balaban J connectivity index is 2.13. The van der Waals surface area contributed by atoms with Crippen LogP contribution in [0.5, 0.6) is 0 Å². The summed E-state index contributed by atoms with van der Waals surface area (Å²) in [5, 5.41) is 0. The van der Waals surface area contributed by atoms with E-state index in [1.807, 2.05) is 13.0 Å². The number of rotatable bonds is 10. The summed E-state index contributed by atoms with van der Waals surface area (Å²) >= 11 is 0. The zero-order chi connectivity index (χ0) is 26.3. The third kappa shape index (κ3) is 6.27. The Labute approximate surface area is 209 Å². The number of carbonyl (C=O) groups excluding carboxylic acids is 2. The summed E-state index contributed by atoms with van der Waals surface area (Å²) in [5.41, 5.74) is 1.31. The van der Waals surface area contributed by atoms with Crippen molar-refractivity contribution in [3.63, 3.8) is 0 Å². The smallest absolute Gasteiger partial charge is 0.355 e. The molecule has 0 spiro atoms. The Morgan fingerprint density at radius 2 is 1.64 bits per heavy atom. The van der Waals surface area contributed by atoms with Gasteiger partial charge in [-0.1, -0.05) is 48.0 Å². The molecule has 0 amide bonds. The number of ether oxygens (including phenoxy) is 2. The molecule has 0 unspecified atom stereocenters. The van der Waals surface area contributed by atoms with Crippen molar-refractivity contribution in [2.45, 2.75) is 31.8 Å². The zero-order valence-electron chi connectivity index (χ0n) is 20.3. The Kier molecular flexibility index (Phi) is 8.78. The molecular formula is C26H28N2O7S. The van der Waals surface area contributed by atoms with E-state index in [9.17, 15) is 22.8 Å². The zero-order valence-corrected chi connectivity index (χ0v) is 21.2. The minimum atomic E-state index is -4.16. The highest BCUT2D eigenvalue weighted by Gasteiger charge is 2.30. The summed E-state index contributed by atoms with van der Waals surface area (Å²) in [5.74, 6) is -1.55. The van der Waals surface area contributed by atoms with Gasteiger partial charge in [0.1, 0.15) is 12.2 Å². The number of benzene rings is 2. The average Bonchev–Trinajstić information content (AvgIpc) is 2.86. The van der Waals surface area contributed by atoms with Crippen molar-refractivity contribution in [1.82, 2.24) is 8.87 Å². The van der Waals surface area contributed by atoms with Crippen molar-refractivity contribution in [3.8, 4) is 0 Å². The number of carbonyl (C=O) groups is 2. The number of aryl methyl sites for hydroxylation is 1. The van der Waals surface area contributed by atoms with Crippen LogP contribution in [0.25, 0.3) is 0 Å². The van der Waals surface area contributed by atoms with Gasteiger partial charge in [0.25, 0.3) is 5.56 Å². The third-order valence-electron chi connectivity index (χ3n) is 5.46. The molecule has 0 radical (unpaired) electrons. The number of pyridine rings is 1. The van der Waals surface area contributed by atoms with E-state index in [4.69, 9.17) is 9.47 Å². The Morgan fingerprint density at radius 3 is 2.25 bits per heavy atom. The van der Waals surface area contributed by atoms with Crippen LogP contribution in [-0.4, -0.2) is 49.5 Å². The van der Waals surface area contributed by atoms with E-state index in [2.05, 4.69) is 0 Å². The lowest BCUT2D eigenvalue weighted by Gasteiger charge is -2.23. The van der Waals surface area contributed by atoms with Crippen molar-refractivity contribution >= 4 is 22.0 Å². The molecule has 0 atom stereocenters. The monoisotopic (exact) mass is 512 g/mol. The predicted molar refractivity (Wildman–Crippen MR) is 133 cm³/mol. The van der Waals surface area contributed by atoms with Crippen molar-refractivity contribution in [3.05, 3.63) is 99.5 Å². The van der Waals surface area contributed by atoms with Crippen molar-refractivity contribution in [1.29, 1.82) is 0 Å². The number of hydrogen-bond acceptors (Lipinski definition) is 7. The molecule has 3 rings (SSSR count). The molecule has 2 aromatic carbocycles. The number of methoxy groups -OCH3 is 1. The Bertz CT molecular complexity index is 1380. The summed E-state index contributed by atoms with van der Waals surface area (Å²) in [6.45, 7) is 2.63. The predicted octanol–water partition coefficient (Wildman–Crippen LogP) is 2.75. The highest BCUT2D eigenvalue weighted by atomic mass is 32.2. The van der Waals surface area contributed by atoms with Crippen LogP contribution in [0.1, 0.15) is 34.1 Å². The van der Waals surface area contributed by atoms with Gasteiger partial charge in [0.15, 0.2) is 0 Å². The molecule has 9 nitrogen and oxygen atoms in total. The lowest BCUT2D eigenvalue weighted by molar-refractivity contribution is -0.140. The molecule has 0 saturated heterocycles. The van der Waals surface area contributed by atoms with Crippen LogP contribution in [0, 0.1) is 6.92 Å². The van der Waals surface area contributed by atoms with Crippen molar-refractivity contribution in [2.24, 2.45) is 0 Å². The van der Waals surface area contributed by atoms with Crippen LogP contribution in [0.15, 0.2) is 76.4 Å². The van der Waals surface area contributed by atoms with Gasteiger partial charge in [0.05, 0.1) is 25.2 Å². The Morgan fingerprint density at radius 1 is 0.972 bits per heavy atom. The van der Waals surface area contributed by atoms with Gasteiger partial charge in [-0.15, -0.1) is 0 Å². The molecule has 3 aromatic rings. The molecule has 1 heterocycles. The maximum absolute atomic E-state index is 13.5. The highest BCUT2D eigenvalue weighted by molar-refractivity contribution is 7.89. The Hall–Kier alpha value is -3.76. The van der Waals surface area contributed by atoms with E-state index < -0.39 is 34.1 Å². The lowest BCUT2D eigenvalue weighted by Crippen LogP contribution is -2.37. The van der Waals surface area contributed by atoms with E-state index >= 15 is 0 Å². The standard InChI is InChI=1S/C26H28N2O7S/c1-4-35-26(31)25-21(12-15-23(29)28(25)16-20-8-6-5-7-9-20)17-27(18-24(30)34-3)36(32,33)22-13-10-19(2)11-14-22/h5-15H,4,16-18H2,1-3H3. The van der Waals surface area contributed by atoms with Crippen LogP contribution in [0.3, 0.4) is 0 Å². The van der Waals surface area contributed by atoms with E-state index in [1.54, 1.807) is 43.3 Å². The van der Waals surface area contributed by atoms with E-state index in [0.29, 0.717) is 0 Å². The molecule has 190 valence electrons. The van der Waals surface area contributed by atoms with Crippen LogP contribution in [0.2, 0.25) is 0 Å². The first-order chi connectivity index (χ1) is 17.2. The number of sulfonamides is 1. The minimum absolute atomic E-state index is 0.0210. The summed E-state index contributed by atoms with van der Waals surface area (Å²) in [6, 6.07) is 17.9. The molecule has 0 bridgehead atoms. The fraction of sp³-hybridized carbons (Fsp3) is 0.269. The van der Waals surface area contributed by atoms with Gasteiger partial charge in [0.2, 0.25) is 10.0 Å². The van der Waals surface area contributed by atoms with E-state index in [-0.39, 0.29) is 35.8 Å².